The van der Waals surface area contributed by atoms with Crippen LogP contribution in [0.1, 0.15) is 31.2 Å². The van der Waals surface area contributed by atoms with Gasteiger partial charge in [-0.05, 0) is 49.8 Å². The van der Waals surface area contributed by atoms with E-state index in [4.69, 9.17) is 5.26 Å². The largest absolute Gasteiger partial charge is 0.366 e. The van der Waals surface area contributed by atoms with E-state index in [1.165, 1.54) is 31.7 Å². The molecule has 0 atom stereocenters. The molecule has 3 heteroatoms. The Bertz CT molecular complexity index is 470. The van der Waals surface area contributed by atoms with Crippen LogP contribution in [-0.4, -0.2) is 12.6 Å². The van der Waals surface area contributed by atoms with Crippen LogP contribution < -0.4 is 4.90 Å². The number of halogens is 1. The third-order valence-electron chi connectivity index (χ3n) is 3.53. The number of anilines is 1. The first-order valence-corrected chi connectivity index (χ1v) is 6.24. The number of hydrogen-bond donors (Lipinski definition) is 0. The van der Waals surface area contributed by atoms with Crippen molar-refractivity contribution in [3.05, 3.63) is 29.6 Å². The number of hydrogen-bond acceptors (Lipinski definition) is 2. The SMILES string of the molecule is N#Cc1ccc(N(CC2CC2)C2CC2)c(F)c1. The van der Waals surface area contributed by atoms with E-state index in [1.54, 1.807) is 12.1 Å². The van der Waals surface area contributed by atoms with E-state index >= 15 is 0 Å². The van der Waals surface area contributed by atoms with Crippen LogP contribution in [0.4, 0.5) is 10.1 Å². The van der Waals surface area contributed by atoms with E-state index in [-0.39, 0.29) is 5.82 Å². The van der Waals surface area contributed by atoms with Gasteiger partial charge >= 0.3 is 0 Å². The molecule has 2 fully saturated rings. The minimum absolute atomic E-state index is 0.253. The van der Waals surface area contributed by atoms with E-state index in [1.807, 2.05) is 6.07 Å². The summed E-state index contributed by atoms with van der Waals surface area (Å²) in [6, 6.07) is 7.31. The Labute approximate surface area is 101 Å². The summed E-state index contributed by atoms with van der Waals surface area (Å²) in [5.74, 6) is 0.502. The fraction of sp³-hybridized carbons (Fsp3) is 0.500. The van der Waals surface area contributed by atoms with Crippen molar-refractivity contribution in [3.8, 4) is 6.07 Å². The van der Waals surface area contributed by atoms with Gasteiger partial charge in [0.2, 0.25) is 0 Å². The lowest BCUT2D eigenvalue weighted by molar-refractivity contribution is 0.608. The molecule has 1 aromatic carbocycles. The quantitative estimate of drug-likeness (QED) is 0.794. The van der Waals surface area contributed by atoms with Crippen molar-refractivity contribution >= 4 is 5.69 Å². The molecular weight excluding hydrogens is 215 g/mol. The molecule has 0 aromatic heterocycles. The second kappa shape index (κ2) is 4.03. The Kier molecular flexibility index (Phi) is 2.51. The fourth-order valence-electron chi connectivity index (χ4n) is 2.22. The molecule has 17 heavy (non-hydrogen) atoms. The molecule has 0 saturated heterocycles. The zero-order chi connectivity index (χ0) is 11.8. The molecule has 3 rings (SSSR count). The second-order valence-corrected chi connectivity index (χ2v) is 5.10. The van der Waals surface area contributed by atoms with Crippen LogP contribution in [0.15, 0.2) is 18.2 Å². The molecule has 0 heterocycles. The van der Waals surface area contributed by atoms with Gasteiger partial charge in [0.05, 0.1) is 17.3 Å². The lowest BCUT2D eigenvalue weighted by Crippen LogP contribution is -2.28. The van der Waals surface area contributed by atoms with Gasteiger partial charge in [0, 0.05) is 12.6 Å². The fourth-order valence-corrected chi connectivity index (χ4v) is 2.22. The molecule has 0 bridgehead atoms. The maximum atomic E-state index is 14.0. The summed E-state index contributed by atoms with van der Waals surface area (Å²) >= 11 is 0. The molecule has 1 aromatic rings. The maximum absolute atomic E-state index is 14.0. The van der Waals surface area contributed by atoms with Gasteiger partial charge in [-0.2, -0.15) is 5.26 Å². The van der Waals surface area contributed by atoms with E-state index in [0.717, 1.165) is 12.5 Å². The van der Waals surface area contributed by atoms with Gasteiger partial charge in [0.25, 0.3) is 0 Å². The van der Waals surface area contributed by atoms with Crippen LogP contribution in [0.25, 0.3) is 0 Å². The number of rotatable bonds is 4. The predicted molar refractivity (Wildman–Crippen MR) is 64.2 cm³/mol. The summed E-state index contributed by atoms with van der Waals surface area (Å²) in [4.78, 5) is 2.20. The van der Waals surface area contributed by atoms with Crippen LogP contribution in [0.5, 0.6) is 0 Å². The molecule has 88 valence electrons. The van der Waals surface area contributed by atoms with Crippen LogP contribution >= 0.6 is 0 Å². The zero-order valence-electron chi connectivity index (χ0n) is 9.69. The minimum Gasteiger partial charge on any atom is -0.366 e. The average molecular weight is 230 g/mol. The van der Waals surface area contributed by atoms with Crippen molar-refractivity contribution < 1.29 is 4.39 Å². The normalized spacial score (nSPS) is 18.8. The first-order chi connectivity index (χ1) is 8.28. The van der Waals surface area contributed by atoms with Crippen molar-refractivity contribution in [2.24, 2.45) is 5.92 Å². The van der Waals surface area contributed by atoms with Gasteiger partial charge in [-0.15, -0.1) is 0 Å². The molecule has 2 saturated carbocycles. The van der Waals surface area contributed by atoms with Crippen LogP contribution in [0.3, 0.4) is 0 Å². The van der Waals surface area contributed by atoms with Crippen molar-refractivity contribution in [1.82, 2.24) is 0 Å². The van der Waals surface area contributed by atoms with Gasteiger partial charge < -0.3 is 4.90 Å². The third kappa shape index (κ3) is 2.26. The highest BCUT2D eigenvalue weighted by Gasteiger charge is 2.34. The first-order valence-electron chi connectivity index (χ1n) is 6.24. The number of nitrogens with zero attached hydrogens (tertiary/aromatic N) is 2. The molecule has 0 spiro atoms. The lowest BCUT2D eigenvalue weighted by atomic mass is 10.2. The Morgan fingerprint density at radius 2 is 2.06 bits per heavy atom. The van der Waals surface area contributed by atoms with Crippen molar-refractivity contribution in [3.63, 3.8) is 0 Å². The Morgan fingerprint density at radius 3 is 2.59 bits per heavy atom. The van der Waals surface area contributed by atoms with Gasteiger partial charge in [-0.1, -0.05) is 0 Å². The Morgan fingerprint density at radius 1 is 1.29 bits per heavy atom. The molecule has 0 amide bonds. The molecule has 2 aliphatic rings. The maximum Gasteiger partial charge on any atom is 0.147 e. The molecule has 2 aliphatic carbocycles. The lowest BCUT2D eigenvalue weighted by Gasteiger charge is -2.25. The van der Waals surface area contributed by atoms with Crippen molar-refractivity contribution in [2.75, 3.05) is 11.4 Å². The van der Waals surface area contributed by atoms with Gasteiger partial charge in [0.15, 0.2) is 0 Å². The summed E-state index contributed by atoms with van der Waals surface area (Å²) in [5.41, 5.74) is 1.08. The van der Waals surface area contributed by atoms with E-state index in [2.05, 4.69) is 4.90 Å². The van der Waals surface area contributed by atoms with Gasteiger partial charge in [0.1, 0.15) is 5.82 Å². The topological polar surface area (TPSA) is 27.0 Å². The highest BCUT2D eigenvalue weighted by atomic mass is 19.1. The Hall–Kier alpha value is -1.56. The Balaban J connectivity index is 1.86. The van der Waals surface area contributed by atoms with Gasteiger partial charge in [-0.25, -0.2) is 4.39 Å². The van der Waals surface area contributed by atoms with E-state index < -0.39 is 0 Å². The summed E-state index contributed by atoms with van der Waals surface area (Å²) in [7, 11) is 0. The number of benzene rings is 1. The molecular formula is C14H15FN2. The monoisotopic (exact) mass is 230 g/mol. The highest BCUT2D eigenvalue weighted by molar-refractivity contribution is 5.53. The molecule has 0 aliphatic heterocycles. The highest BCUT2D eigenvalue weighted by Crippen LogP contribution is 2.38. The minimum atomic E-state index is -0.253. The van der Waals surface area contributed by atoms with Gasteiger partial charge in [-0.3, -0.25) is 0 Å². The second-order valence-electron chi connectivity index (χ2n) is 5.10. The molecule has 2 nitrogen and oxygen atoms in total. The van der Waals surface area contributed by atoms with Crippen LogP contribution in [-0.2, 0) is 0 Å². The summed E-state index contributed by atoms with van der Waals surface area (Å²) in [5, 5.41) is 8.74. The standard InChI is InChI=1S/C14H15FN2/c15-13-7-11(8-16)3-6-14(13)17(12-4-5-12)9-10-1-2-10/h3,6-7,10,12H,1-2,4-5,9H2. The van der Waals surface area contributed by atoms with Crippen LogP contribution in [0, 0.1) is 23.1 Å². The summed E-state index contributed by atoms with van der Waals surface area (Å²) in [6.45, 7) is 0.980. The summed E-state index contributed by atoms with van der Waals surface area (Å²) < 4.78 is 14.0. The zero-order valence-corrected chi connectivity index (χ0v) is 9.69. The third-order valence-corrected chi connectivity index (χ3v) is 3.53. The smallest absolute Gasteiger partial charge is 0.147 e. The average Bonchev–Trinajstić information content (AvgIpc) is 3.18. The van der Waals surface area contributed by atoms with Crippen LogP contribution in [0.2, 0.25) is 0 Å². The molecule has 0 unspecified atom stereocenters. The van der Waals surface area contributed by atoms with E-state index in [0.29, 0.717) is 17.3 Å². The van der Waals surface area contributed by atoms with E-state index in [9.17, 15) is 4.39 Å². The predicted octanol–water partition coefficient (Wildman–Crippen LogP) is 3.08. The van der Waals surface area contributed by atoms with Crippen molar-refractivity contribution in [1.29, 1.82) is 5.26 Å². The summed E-state index contributed by atoms with van der Waals surface area (Å²) in [6.07, 6.45) is 4.90. The molecule has 0 N–H and O–H groups in total. The number of nitriles is 1. The first kappa shape index (κ1) is 10.6. The molecule has 0 radical (unpaired) electrons. The van der Waals surface area contributed by atoms with Crippen molar-refractivity contribution in [2.45, 2.75) is 31.7 Å².